The van der Waals surface area contributed by atoms with Crippen LogP contribution in [-0.4, -0.2) is 46.1 Å². The van der Waals surface area contributed by atoms with Crippen LogP contribution in [0.3, 0.4) is 0 Å². The number of nitrogens with zero attached hydrogens (tertiary/aromatic N) is 1. The largest absolute Gasteiger partial charge is 0.508 e. The van der Waals surface area contributed by atoms with Crippen LogP contribution >= 0.6 is 0 Å². The highest BCUT2D eigenvalue weighted by atomic mass is 16.6. The molecule has 3 rings (SSSR count). The summed E-state index contributed by atoms with van der Waals surface area (Å²) in [5.74, 6) is -0.657. The Morgan fingerprint density at radius 1 is 0.905 bits per heavy atom. The summed E-state index contributed by atoms with van der Waals surface area (Å²) >= 11 is 0. The maximum atomic E-state index is 14.5. The molecule has 0 radical (unpaired) electrons. The second-order valence-corrected chi connectivity index (χ2v) is 11.5. The number of alkyl carbamates (subject to hydrolysis) is 1. The van der Waals surface area contributed by atoms with Gasteiger partial charge in [0, 0.05) is 18.7 Å². The van der Waals surface area contributed by atoms with Crippen LogP contribution in [0.2, 0.25) is 0 Å². The molecule has 3 aromatic carbocycles. The van der Waals surface area contributed by atoms with E-state index in [1.165, 1.54) is 12.1 Å². The second kappa shape index (κ2) is 14.5. The van der Waals surface area contributed by atoms with Crippen molar-refractivity contribution in [2.24, 2.45) is 0 Å². The van der Waals surface area contributed by atoms with Crippen LogP contribution in [0.4, 0.5) is 10.5 Å². The van der Waals surface area contributed by atoms with Gasteiger partial charge in [0.05, 0.1) is 0 Å². The van der Waals surface area contributed by atoms with Crippen LogP contribution in [0.1, 0.15) is 68.8 Å². The Labute approximate surface area is 249 Å². The third-order valence-electron chi connectivity index (χ3n) is 6.81. The molecule has 42 heavy (non-hydrogen) atoms. The van der Waals surface area contributed by atoms with Crippen LogP contribution in [-0.2, 0) is 20.7 Å². The van der Waals surface area contributed by atoms with Gasteiger partial charge >= 0.3 is 6.09 Å². The quantitative estimate of drug-likeness (QED) is 0.244. The zero-order valence-corrected chi connectivity index (χ0v) is 25.4. The molecule has 0 saturated carbocycles. The topological polar surface area (TPSA) is 108 Å². The first-order chi connectivity index (χ1) is 19.9. The zero-order valence-electron chi connectivity index (χ0n) is 25.4. The number of nitrogens with one attached hydrogen (secondary N) is 2. The molecule has 3 aromatic rings. The molecule has 0 bridgehead atoms. The van der Waals surface area contributed by atoms with Crippen molar-refractivity contribution in [3.8, 4) is 5.75 Å². The van der Waals surface area contributed by atoms with E-state index in [0.717, 1.165) is 23.1 Å². The van der Waals surface area contributed by atoms with Gasteiger partial charge in [0.2, 0.25) is 5.91 Å². The summed E-state index contributed by atoms with van der Waals surface area (Å²) in [5, 5.41) is 15.6. The Morgan fingerprint density at radius 2 is 1.52 bits per heavy atom. The number of phenols is 1. The van der Waals surface area contributed by atoms with E-state index in [-0.39, 0.29) is 18.1 Å². The van der Waals surface area contributed by atoms with E-state index >= 15 is 0 Å². The number of rotatable bonds is 11. The SMILES string of the molecule is CCCCN(C(=O)C(Cc1ccc(O)cc1)NC(=O)OC(C)(C)C)C(C(=O)Nc1c(C)cccc1C)c1ccccc1. The molecule has 0 saturated heterocycles. The van der Waals surface area contributed by atoms with Crippen molar-refractivity contribution in [3.05, 3.63) is 95.1 Å². The van der Waals surface area contributed by atoms with Gasteiger partial charge in [-0.3, -0.25) is 9.59 Å². The van der Waals surface area contributed by atoms with Crippen molar-refractivity contribution in [1.82, 2.24) is 10.2 Å². The highest BCUT2D eigenvalue weighted by molar-refractivity contribution is 6.00. The molecule has 224 valence electrons. The van der Waals surface area contributed by atoms with Crippen LogP contribution < -0.4 is 10.6 Å². The van der Waals surface area contributed by atoms with Crippen molar-refractivity contribution in [1.29, 1.82) is 0 Å². The Kier molecular flexibility index (Phi) is 11.1. The number of amides is 3. The normalized spacial score (nSPS) is 12.6. The van der Waals surface area contributed by atoms with Crippen LogP contribution in [0.25, 0.3) is 0 Å². The number of carbonyl (C=O) groups excluding carboxylic acids is 3. The lowest BCUT2D eigenvalue weighted by Crippen LogP contribution is -2.53. The van der Waals surface area contributed by atoms with E-state index in [0.29, 0.717) is 24.2 Å². The summed E-state index contributed by atoms with van der Waals surface area (Å²) in [6.07, 6.45) is 0.864. The number of benzene rings is 3. The number of unbranched alkanes of at least 4 members (excludes halogenated alkanes) is 1. The number of carbonyl (C=O) groups is 3. The molecular formula is C34H43N3O5. The van der Waals surface area contributed by atoms with Crippen LogP contribution in [0, 0.1) is 13.8 Å². The predicted octanol–water partition coefficient (Wildman–Crippen LogP) is 6.45. The fourth-order valence-electron chi connectivity index (χ4n) is 4.72. The van der Waals surface area contributed by atoms with Crippen molar-refractivity contribution in [3.63, 3.8) is 0 Å². The molecule has 2 atom stereocenters. The van der Waals surface area contributed by atoms with E-state index < -0.39 is 29.7 Å². The van der Waals surface area contributed by atoms with E-state index in [4.69, 9.17) is 4.74 Å². The van der Waals surface area contributed by atoms with Gasteiger partial charge in [0.15, 0.2) is 0 Å². The van der Waals surface area contributed by atoms with E-state index in [9.17, 15) is 19.5 Å². The Bertz CT molecular complexity index is 1330. The molecule has 0 aliphatic heterocycles. The van der Waals surface area contributed by atoms with Crippen LogP contribution in [0.15, 0.2) is 72.8 Å². The molecule has 3 amide bonds. The molecule has 2 unspecified atom stereocenters. The number of aryl methyl sites for hydroxylation is 2. The summed E-state index contributed by atoms with van der Waals surface area (Å²) < 4.78 is 5.49. The van der Waals surface area contributed by atoms with Gasteiger partial charge in [0.25, 0.3) is 5.91 Å². The maximum absolute atomic E-state index is 14.5. The average molecular weight is 574 g/mol. The van der Waals surface area contributed by atoms with E-state index in [1.54, 1.807) is 37.8 Å². The van der Waals surface area contributed by atoms with Gasteiger partial charge in [-0.15, -0.1) is 0 Å². The lowest BCUT2D eigenvalue weighted by molar-refractivity contribution is -0.140. The van der Waals surface area contributed by atoms with Crippen molar-refractivity contribution < 1.29 is 24.2 Å². The molecular weight excluding hydrogens is 530 g/mol. The molecule has 8 nitrogen and oxygen atoms in total. The fraction of sp³-hybridized carbons (Fsp3) is 0.382. The van der Waals surface area contributed by atoms with Gasteiger partial charge in [-0.05, 0) is 75.4 Å². The number of aromatic hydroxyl groups is 1. The third kappa shape index (κ3) is 9.09. The summed E-state index contributed by atoms with van der Waals surface area (Å²) in [4.78, 5) is 43.0. The van der Waals surface area contributed by atoms with Gasteiger partial charge in [-0.1, -0.05) is 74.0 Å². The summed E-state index contributed by atoms with van der Waals surface area (Å²) in [6, 6.07) is 19.5. The number of phenolic OH excluding ortho intramolecular Hbond substituents is 1. The van der Waals surface area contributed by atoms with Gasteiger partial charge in [-0.2, -0.15) is 0 Å². The highest BCUT2D eigenvalue weighted by Crippen LogP contribution is 2.28. The lowest BCUT2D eigenvalue weighted by atomic mass is 9.99. The zero-order chi connectivity index (χ0) is 30.9. The molecule has 0 heterocycles. The summed E-state index contributed by atoms with van der Waals surface area (Å²) in [5.41, 5.74) is 3.16. The predicted molar refractivity (Wildman–Crippen MR) is 165 cm³/mol. The molecule has 0 fully saturated rings. The number of hydrogen-bond donors (Lipinski definition) is 3. The monoisotopic (exact) mass is 573 g/mol. The van der Waals surface area contributed by atoms with E-state index in [2.05, 4.69) is 10.6 Å². The minimum absolute atomic E-state index is 0.0959. The average Bonchev–Trinajstić information content (AvgIpc) is 2.93. The van der Waals surface area contributed by atoms with Crippen LogP contribution in [0.5, 0.6) is 5.75 Å². The Morgan fingerprint density at radius 3 is 2.10 bits per heavy atom. The van der Waals surface area contributed by atoms with Gasteiger partial charge in [0.1, 0.15) is 23.4 Å². The maximum Gasteiger partial charge on any atom is 0.408 e. The Hall–Kier alpha value is -4.33. The fourth-order valence-corrected chi connectivity index (χ4v) is 4.72. The first kappa shape index (κ1) is 32.2. The molecule has 0 aliphatic carbocycles. The lowest BCUT2D eigenvalue weighted by Gasteiger charge is -2.35. The van der Waals surface area contributed by atoms with E-state index in [1.807, 2.05) is 69.3 Å². The van der Waals surface area contributed by atoms with Gasteiger partial charge < -0.3 is 25.4 Å². The number of hydrogen-bond acceptors (Lipinski definition) is 5. The molecule has 8 heteroatoms. The summed E-state index contributed by atoms with van der Waals surface area (Å²) in [7, 11) is 0. The summed E-state index contributed by atoms with van der Waals surface area (Å²) in [6.45, 7) is 11.4. The minimum Gasteiger partial charge on any atom is -0.508 e. The Balaban J connectivity index is 2.06. The molecule has 0 aromatic heterocycles. The van der Waals surface area contributed by atoms with Gasteiger partial charge in [-0.25, -0.2) is 4.79 Å². The number of para-hydroxylation sites is 1. The standard InChI is InChI=1S/C34H43N3O5/c1-7-8-21-37(30(26-15-10-9-11-16-26)31(39)36-29-23(2)13-12-14-24(29)3)32(40)28(35-33(41)42-34(4,5)6)22-25-17-19-27(38)20-18-25/h9-20,28,30,38H,7-8,21-22H2,1-6H3,(H,35,41)(H,36,39). The smallest absolute Gasteiger partial charge is 0.408 e. The molecule has 3 N–H and O–H groups in total. The first-order valence-corrected chi connectivity index (χ1v) is 14.4. The third-order valence-corrected chi connectivity index (χ3v) is 6.81. The second-order valence-electron chi connectivity index (χ2n) is 11.5. The first-order valence-electron chi connectivity index (χ1n) is 14.4. The minimum atomic E-state index is -1.03. The van der Waals surface area contributed by atoms with Crippen molar-refractivity contribution >= 4 is 23.6 Å². The molecule has 0 spiro atoms. The number of anilines is 1. The van der Waals surface area contributed by atoms with Crippen molar-refractivity contribution in [2.45, 2.75) is 78.5 Å². The number of ether oxygens (including phenoxy) is 1. The molecule has 0 aliphatic rings. The highest BCUT2D eigenvalue weighted by Gasteiger charge is 2.36. The van der Waals surface area contributed by atoms with Crippen molar-refractivity contribution in [2.75, 3.05) is 11.9 Å².